The second kappa shape index (κ2) is 5.65. The summed E-state index contributed by atoms with van der Waals surface area (Å²) < 4.78 is 2.91. The van der Waals surface area contributed by atoms with Crippen molar-refractivity contribution in [1.82, 2.24) is 9.78 Å². The molecule has 1 aromatic carbocycles. The summed E-state index contributed by atoms with van der Waals surface area (Å²) in [6, 6.07) is 5.74. The van der Waals surface area contributed by atoms with Crippen LogP contribution >= 0.6 is 27.5 Å². The molecule has 5 heteroatoms. The van der Waals surface area contributed by atoms with Crippen LogP contribution in [0.3, 0.4) is 0 Å². The Bertz CT molecular complexity index is 607. The van der Waals surface area contributed by atoms with Gasteiger partial charge in [-0.25, -0.2) is 0 Å². The summed E-state index contributed by atoms with van der Waals surface area (Å²) in [6.45, 7) is 4.03. The fourth-order valence-electron chi connectivity index (χ4n) is 2.23. The van der Waals surface area contributed by atoms with Crippen molar-refractivity contribution in [2.45, 2.75) is 26.3 Å². The average molecular weight is 343 g/mol. The van der Waals surface area contributed by atoms with Crippen LogP contribution in [0, 0.1) is 13.8 Å². The number of aryl methyl sites for hydroxylation is 3. The van der Waals surface area contributed by atoms with Crippen molar-refractivity contribution < 1.29 is 0 Å². The molecule has 102 valence electrons. The zero-order valence-electron chi connectivity index (χ0n) is 11.2. The minimum Gasteiger partial charge on any atom is -0.324 e. The molecule has 0 saturated carbocycles. The Balaban J connectivity index is 2.30. The van der Waals surface area contributed by atoms with Crippen molar-refractivity contribution in [2.24, 2.45) is 12.8 Å². The van der Waals surface area contributed by atoms with E-state index in [9.17, 15) is 0 Å². The number of hydrogen-bond acceptors (Lipinski definition) is 2. The van der Waals surface area contributed by atoms with Crippen molar-refractivity contribution in [1.29, 1.82) is 0 Å². The van der Waals surface area contributed by atoms with Gasteiger partial charge in [0.15, 0.2) is 0 Å². The molecule has 1 aromatic heterocycles. The summed E-state index contributed by atoms with van der Waals surface area (Å²) >= 11 is 9.62. The van der Waals surface area contributed by atoms with Crippen LogP contribution in [-0.2, 0) is 13.5 Å². The van der Waals surface area contributed by atoms with Crippen LogP contribution in [-0.4, -0.2) is 9.78 Å². The van der Waals surface area contributed by atoms with Crippen LogP contribution in [0.2, 0.25) is 5.02 Å². The zero-order valence-corrected chi connectivity index (χ0v) is 13.6. The van der Waals surface area contributed by atoms with Crippen molar-refractivity contribution >= 4 is 27.5 Å². The summed E-state index contributed by atoms with van der Waals surface area (Å²) in [5.41, 5.74) is 10.6. The molecule has 0 fully saturated rings. The van der Waals surface area contributed by atoms with Gasteiger partial charge in [-0.15, -0.1) is 0 Å². The van der Waals surface area contributed by atoms with Crippen molar-refractivity contribution in [2.75, 3.05) is 0 Å². The molecule has 2 aromatic rings. The van der Waals surface area contributed by atoms with Crippen LogP contribution < -0.4 is 5.73 Å². The molecular weight excluding hydrogens is 326 g/mol. The monoisotopic (exact) mass is 341 g/mol. The van der Waals surface area contributed by atoms with E-state index in [-0.39, 0.29) is 6.04 Å². The Labute approximate surface area is 126 Å². The first-order chi connectivity index (χ1) is 8.90. The Hall–Kier alpha value is -0.840. The average Bonchev–Trinajstić information content (AvgIpc) is 2.59. The van der Waals surface area contributed by atoms with Crippen LogP contribution in [0.15, 0.2) is 22.7 Å². The highest BCUT2D eigenvalue weighted by Crippen LogP contribution is 2.27. The molecule has 2 rings (SSSR count). The summed E-state index contributed by atoms with van der Waals surface area (Å²) in [4.78, 5) is 0. The number of benzene rings is 1. The van der Waals surface area contributed by atoms with Gasteiger partial charge in [0.25, 0.3) is 0 Å². The molecule has 0 spiro atoms. The zero-order chi connectivity index (χ0) is 14.2. The first kappa shape index (κ1) is 14.6. The largest absolute Gasteiger partial charge is 0.324 e. The molecule has 1 heterocycles. The van der Waals surface area contributed by atoms with E-state index in [0.717, 1.165) is 38.4 Å². The molecule has 0 aliphatic rings. The van der Waals surface area contributed by atoms with Crippen molar-refractivity contribution in [3.63, 3.8) is 0 Å². The molecule has 3 nitrogen and oxygen atoms in total. The van der Waals surface area contributed by atoms with Gasteiger partial charge in [0.1, 0.15) is 0 Å². The van der Waals surface area contributed by atoms with E-state index in [2.05, 4.69) is 28.0 Å². The highest BCUT2D eigenvalue weighted by Gasteiger charge is 2.16. The van der Waals surface area contributed by atoms with Gasteiger partial charge in [-0.1, -0.05) is 17.7 Å². The molecule has 0 aliphatic heterocycles. The van der Waals surface area contributed by atoms with Crippen LogP contribution in [0.1, 0.15) is 28.6 Å². The lowest BCUT2D eigenvalue weighted by molar-refractivity contribution is 0.636. The molecule has 19 heavy (non-hydrogen) atoms. The normalized spacial score (nSPS) is 12.7. The van der Waals surface area contributed by atoms with Crippen LogP contribution in [0.25, 0.3) is 0 Å². The Morgan fingerprint density at radius 3 is 2.68 bits per heavy atom. The maximum atomic E-state index is 6.32. The Kier molecular flexibility index (Phi) is 4.33. The lowest BCUT2D eigenvalue weighted by Gasteiger charge is -2.15. The van der Waals surface area contributed by atoms with E-state index in [4.69, 9.17) is 17.3 Å². The van der Waals surface area contributed by atoms with E-state index >= 15 is 0 Å². The van der Waals surface area contributed by atoms with E-state index in [1.807, 2.05) is 36.9 Å². The number of nitrogens with zero attached hydrogens (tertiary/aromatic N) is 2. The fraction of sp³-hybridized carbons (Fsp3) is 0.357. The molecule has 0 radical (unpaired) electrons. The Morgan fingerprint density at radius 1 is 1.42 bits per heavy atom. The van der Waals surface area contributed by atoms with Gasteiger partial charge in [0, 0.05) is 24.5 Å². The topological polar surface area (TPSA) is 43.8 Å². The number of nitrogens with two attached hydrogens (primary N) is 1. The molecule has 2 N–H and O–H groups in total. The lowest BCUT2D eigenvalue weighted by Crippen LogP contribution is -2.16. The Morgan fingerprint density at radius 2 is 2.11 bits per heavy atom. The van der Waals surface area contributed by atoms with Gasteiger partial charge in [0.05, 0.1) is 15.9 Å². The van der Waals surface area contributed by atoms with Gasteiger partial charge in [-0.2, -0.15) is 5.10 Å². The van der Waals surface area contributed by atoms with E-state index in [1.54, 1.807) is 0 Å². The summed E-state index contributed by atoms with van der Waals surface area (Å²) in [5.74, 6) is 0. The summed E-state index contributed by atoms with van der Waals surface area (Å²) in [6.07, 6.45) is 0.721. The van der Waals surface area contributed by atoms with E-state index in [1.165, 1.54) is 0 Å². The minimum atomic E-state index is -0.0928. The number of halogens is 2. The van der Waals surface area contributed by atoms with E-state index < -0.39 is 0 Å². The smallest absolute Gasteiger partial charge is 0.0738 e. The summed E-state index contributed by atoms with van der Waals surface area (Å²) in [7, 11) is 1.94. The first-order valence-corrected chi connectivity index (χ1v) is 7.27. The van der Waals surface area contributed by atoms with Crippen LogP contribution in [0.4, 0.5) is 0 Å². The minimum absolute atomic E-state index is 0.0928. The van der Waals surface area contributed by atoms with Gasteiger partial charge in [-0.3, -0.25) is 4.68 Å². The number of rotatable bonds is 3. The SMILES string of the molecule is Cc1ccc(Cl)cc1C(N)Cc1c(Br)c(C)nn1C. The fourth-order valence-corrected chi connectivity index (χ4v) is 2.91. The predicted molar refractivity (Wildman–Crippen MR) is 82.5 cm³/mol. The maximum Gasteiger partial charge on any atom is 0.0738 e. The molecule has 0 saturated heterocycles. The van der Waals surface area contributed by atoms with E-state index in [0.29, 0.717) is 0 Å². The number of hydrogen-bond donors (Lipinski definition) is 1. The van der Waals surface area contributed by atoms with Gasteiger partial charge in [-0.05, 0) is 53.0 Å². The molecule has 0 aliphatic carbocycles. The highest BCUT2D eigenvalue weighted by atomic mass is 79.9. The molecule has 0 bridgehead atoms. The first-order valence-electron chi connectivity index (χ1n) is 6.09. The third-order valence-electron chi connectivity index (χ3n) is 3.32. The van der Waals surface area contributed by atoms with Crippen molar-refractivity contribution in [3.05, 3.63) is 50.2 Å². The lowest BCUT2D eigenvalue weighted by atomic mass is 9.98. The second-order valence-corrected chi connectivity index (χ2v) is 6.01. The third-order valence-corrected chi connectivity index (χ3v) is 4.58. The van der Waals surface area contributed by atoms with Gasteiger partial charge in [0.2, 0.25) is 0 Å². The number of aromatic nitrogens is 2. The van der Waals surface area contributed by atoms with Crippen LogP contribution in [0.5, 0.6) is 0 Å². The van der Waals surface area contributed by atoms with Crippen molar-refractivity contribution in [3.8, 4) is 0 Å². The third kappa shape index (κ3) is 3.02. The van der Waals surface area contributed by atoms with Gasteiger partial charge >= 0.3 is 0 Å². The molecule has 0 amide bonds. The second-order valence-electron chi connectivity index (χ2n) is 4.78. The highest BCUT2D eigenvalue weighted by molar-refractivity contribution is 9.10. The molecule has 1 atom stereocenters. The quantitative estimate of drug-likeness (QED) is 0.924. The molecular formula is C14H17BrClN3. The standard InChI is InChI=1S/C14H17BrClN3/c1-8-4-5-10(16)6-11(8)12(17)7-13-14(15)9(2)18-19(13)3/h4-6,12H,7,17H2,1-3H3. The summed E-state index contributed by atoms with van der Waals surface area (Å²) in [5, 5.41) is 5.10. The maximum absolute atomic E-state index is 6.32. The predicted octanol–water partition coefficient (Wildman–Crippen LogP) is 3.70. The van der Waals surface area contributed by atoms with Gasteiger partial charge < -0.3 is 5.73 Å². The molecule has 1 unspecified atom stereocenters.